The molecule has 0 heterocycles. The second-order valence-electron chi connectivity index (χ2n) is 3.22. The van der Waals surface area contributed by atoms with Crippen LogP contribution in [0.3, 0.4) is 0 Å². The Balaban J connectivity index is 3.02. The SMILES string of the molecule is CCCNC(=O)c1cc(Cl)c(I)cc1OC. The van der Waals surface area contributed by atoms with Gasteiger partial charge in [0, 0.05) is 10.1 Å². The van der Waals surface area contributed by atoms with Gasteiger partial charge in [0.2, 0.25) is 0 Å². The van der Waals surface area contributed by atoms with E-state index in [0.717, 1.165) is 9.99 Å². The molecular formula is C11H13ClINO2. The molecule has 3 nitrogen and oxygen atoms in total. The van der Waals surface area contributed by atoms with Crippen LogP contribution < -0.4 is 10.1 Å². The minimum Gasteiger partial charge on any atom is -0.496 e. The highest BCUT2D eigenvalue weighted by molar-refractivity contribution is 14.1. The van der Waals surface area contributed by atoms with Gasteiger partial charge in [-0.2, -0.15) is 0 Å². The highest BCUT2D eigenvalue weighted by Crippen LogP contribution is 2.28. The minimum absolute atomic E-state index is 0.156. The Hall–Kier alpha value is -0.490. The van der Waals surface area contributed by atoms with Gasteiger partial charge in [0.1, 0.15) is 5.75 Å². The molecular weight excluding hydrogens is 340 g/mol. The number of hydrogen-bond acceptors (Lipinski definition) is 2. The summed E-state index contributed by atoms with van der Waals surface area (Å²) >= 11 is 8.08. The summed E-state index contributed by atoms with van der Waals surface area (Å²) in [5, 5.41) is 3.35. The Morgan fingerprint density at radius 3 is 2.81 bits per heavy atom. The van der Waals surface area contributed by atoms with Crippen LogP contribution in [0.4, 0.5) is 0 Å². The first-order valence-corrected chi connectivity index (χ1v) is 6.37. The van der Waals surface area contributed by atoms with Gasteiger partial charge in [-0.05, 0) is 41.1 Å². The second kappa shape index (κ2) is 6.30. The van der Waals surface area contributed by atoms with Crippen molar-refractivity contribution < 1.29 is 9.53 Å². The van der Waals surface area contributed by atoms with Crippen LogP contribution in [0.25, 0.3) is 0 Å². The van der Waals surface area contributed by atoms with Crippen molar-refractivity contribution in [3.05, 3.63) is 26.3 Å². The van der Waals surface area contributed by atoms with Crippen LogP contribution in [0.2, 0.25) is 5.02 Å². The van der Waals surface area contributed by atoms with E-state index in [1.807, 2.05) is 6.92 Å². The summed E-state index contributed by atoms with van der Waals surface area (Å²) in [5.41, 5.74) is 0.473. The predicted molar refractivity (Wildman–Crippen MR) is 73.3 cm³/mol. The molecule has 1 N–H and O–H groups in total. The summed E-state index contributed by atoms with van der Waals surface area (Å²) in [5.74, 6) is 0.388. The zero-order valence-corrected chi connectivity index (χ0v) is 12.1. The lowest BCUT2D eigenvalue weighted by Crippen LogP contribution is -2.24. The third kappa shape index (κ3) is 3.25. The number of amides is 1. The third-order valence-electron chi connectivity index (χ3n) is 2.02. The summed E-state index contributed by atoms with van der Waals surface area (Å²) in [6, 6.07) is 3.39. The first kappa shape index (κ1) is 13.6. The van der Waals surface area contributed by atoms with Crippen molar-refractivity contribution in [3.63, 3.8) is 0 Å². The Bertz CT molecular complexity index is 396. The highest BCUT2D eigenvalue weighted by Gasteiger charge is 2.14. The zero-order chi connectivity index (χ0) is 12.1. The standard InChI is InChI=1S/C11H13ClINO2/c1-3-4-14-11(15)7-5-8(12)9(13)6-10(7)16-2/h5-6H,3-4H2,1-2H3,(H,14,15). The number of ether oxygens (including phenoxy) is 1. The number of hydrogen-bond donors (Lipinski definition) is 1. The third-order valence-corrected chi connectivity index (χ3v) is 3.55. The summed E-state index contributed by atoms with van der Waals surface area (Å²) < 4.78 is 6.02. The number of nitrogens with one attached hydrogen (secondary N) is 1. The highest BCUT2D eigenvalue weighted by atomic mass is 127. The van der Waals surface area contributed by atoms with E-state index in [-0.39, 0.29) is 5.91 Å². The van der Waals surface area contributed by atoms with E-state index >= 15 is 0 Å². The molecule has 16 heavy (non-hydrogen) atoms. The number of benzene rings is 1. The lowest BCUT2D eigenvalue weighted by molar-refractivity contribution is 0.0950. The second-order valence-corrected chi connectivity index (χ2v) is 4.79. The molecule has 1 rings (SSSR count). The van der Waals surface area contributed by atoms with Crippen LogP contribution >= 0.6 is 34.2 Å². The molecule has 0 aromatic heterocycles. The van der Waals surface area contributed by atoms with Gasteiger partial charge in [-0.25, -0.2) is 0 Å². The average molecular weight is 354 g/mol. The van der Waals surface area contributed by atoms with Crippen LogP contribution in [0.15, 0.2) is 12.1 Å². The van der Waals surface area contributed by atoms with Gasteiger partial charge in [0.15, 0.2) is 0 Å². The van der Waals surface area contributed by atoms with Crippen molar-refractivity contribution >= 4 is 40.1 Å². The van der Waals surface area contributed by atoms with Crippen LogP contribution in [0, 0.1) is 3.57 Å². The number of rotatable bonds is 4. The lowest BCUT2D eigenvalue weighted by atomic mass is 10.2. The van der Waals surface area contributed by atoms with Gasteiger partial charge >= 0.3 is 0 Å². The molecule has 0 spiro atoms. The zero-order valence-electron chi connectivity index (χ0n) is 9.14. The molecule has 88 valence electrons. The smallest absolute Gasteiger partial charge is 0.255 e. The maximum atomic E-state index is 11.8. The molecule has 5 heteroatoms. The number of carbonyl (C=O) groups is 1. The Morgan fingerprint density at radius 1 is 1.56 bits per heavy atom. The fourth-order valence-corrected chi connectivity index (χ4v) is 1.81. The number of carbonyl (C=O) groups excluding carboxylic acids is 1. The van der Waals surface area contributed by atoms with Gasteiger partial charge in [0.25, 0.3) is 5.91 Å². The quantitative estimate of drug-likeness (QED) is 0.845. The molecule has 0 fully saturated rings. The topological polar surface area (TPSA) is 38.3 Å². The Labute approximate surface area is 114 Å². The van der Waals surface area contributed by atoms with Gasteiger partial charge in [-0.1, -0.05) is 18.5 Å². The Morgan fingerprint density at radius 2 is 2.25 bits per heavy atom. The van der Waals surface area contributed by atoms with Crippen LogP contribution in [0.1, 0.15) is 23.7 Å². The molecule has 0 saturated heterocycles. The van der Waals surface area contributed by atoms with Crippen molar-refractivity contribution in [1.82, 2.24) is 5.32 Å². The van der Waals surface area contributed by atoms with E-state index in [1.54, 1.807) is 12.1 Å². The van der Waals surface area contributed by atoms with E-state index in [0.29, 0.717) is 22.9 Å². The molecule has 1 aromatic rings. The maximum absolute atomic E-state index is 11.8. The van der Waals surface area contributed by atoms with Crippen molar-refractivity contribution in [2.24, 2.45) is 0 Å². The van der Waals surface area contributed by atoms with Gasteiger partial charge in [0.05, 0.1) is 17.7 Å². The normalized spacial score (nSPS) is 10.0. The molecule has 1 amide bonds. The van der Waals surface area contributed by atoms with E-state index in [2.05, 4.69) is 27.9 Å². The van der Waals surface area contributed by atoms with Crippen molar-refractivity contribution in [2.75, 3.05) is 13.7 Å². The molecule has 0 atom stereocenters. The minimum atomic E-state index is -0.156. The molecule has 0 aliphatic carbocycles. The molecule has 0 aliphatic heterocycles. The molecule has 0 unspecified atom stereocenters. The first-order valence-electron chi connectivity index (χ1n) is 4.91. The molecule has 0 aliphatic rings. The Kier molecular flexibility index (Phi) is 5.34. The largest absolute Gasteiger partial charge is 0.496 e. The first-order chi connectivity index (χ1) is 7.60. The number of methoxy groups -OCH3 is 1. The van der Waals surface area contributed by atoms with E-state index in [4.69, 9.17) is 16.3 Å². The fraction of sp³-hybridized carbons (Fsp3) is 0.364. The van der Waals surface area contributed by atoms with E-state index in [1.165, 1.54) is 7.11 Å². The van der Waals surface area contributed by atoms with Gasteiger partial charge < -0.3 is 10.1 Å². The summed E-state index contributed by atoms with van der Waals surface area (Å²) in [6.07, 6.45) is 0.895. The summed E-state index contributed by atoms with van der Waals surface area (Å²) in [4.78, 5) is 11.8. The van der Waals surface area contributed by atoms with Crippen molar-refractivity contribution in [1.29, 1.82) is 0 Å². The van der Waals surface area contributed by atoms with Gasteiger partial charge in [-0.3, -0.25) is 4.79 Å². The van der Waals surface area contributed by atoms with Crippen LogP contribution in [-0.4, -0.2) is 19.6 Å². The lowest BCUT2D eigenvalue weighted by Gasteiger charge is -2.10. The van der Waals surface area contributed by atoms with Crippen molar-refractivity contribution in [3.8, 4) is 5.75 Å². The molecule has 0 bridgehead atoms. The van der Waals surface area contributed by atoms with Crippen molar-refractivity contribution in [2.45, 2.75) is 13.3 Å². The summed E-state index contributed by atoms with van der Waals surface area (Å²) in [7, 11) is 1.54. The average Bonchev–Trinajstić information content (AvgIpc) is 2.28. The summed E-state index contributed by atoms with van der Waals surface area (Å²) in [6.45, 7) is 2.64. The molecule has 0 radical (unpaired) electrons. The van der Waals surface area contributed by atoms with E-state index < -0.39 is 0 Å². The molecule has 1 aromatic carbocycles. The fourth-order valence-electron chi connectivity index (χ4n) is 1.21. The number of halogens is 2. The van der Waals surface area contributed by atoms with Gasteiger partial charge in [-0.15, -0.1) is 0 Å². The monoisotopic (exact) mass is 353 g/mol. The van der Waals surface area contributed by atoms with Crippen LogP contribution in [-0.2, 0) is 0 Å². The maximum Gasteiger partial charge on any atom is 0.255 e. The molecule has 0 saturated carbocycles. The van der Waals surface area contributed by atoms with Crippen LogP contribution in [0.5, 0.6) is 5.75 Å². The van der Waals surface area contributed by atoms with E-state index in [9.17, 15) is 4.79 Å². The predicted octanol–water partition coefficient (Wildman–Crippen LogP) is 3.09.